The van der Waals surface area contributed by atoms with Gasteiger partial charge in [0.1, 0.15) is 66.6 Å². The molecule has 4 atom stereocenters. The second-order valence-electron chi connectivity index (χ2n) is 20.2. The molecule has 0 radical (unpaired) electrons. The first kappa shape index (κ1) is 59.9. The Morgan fingerprint density at radius 1 is 0.566 bits per heavy atom. The van der Waals surface area contributed by atoms with Gasteiger partial charge in [0.2, 0.25) is 0 Å². The summed E-state index contributed by atoms with van der Waals surface area (Å²) in [6, 6.07) is 30.6. The highest BCUT2D eigenvalue weighted by Gasteiger charge is 2.47. The van der Waals surface area contributed by atoms with E-state index in [2.05, 4.69) is 0 Å². The molecule has 18 nitrogen and oxygen atoms in total. The molecule has 0 aromatic heterocycles. The van der Waals surface area contributed by atoms with E-state index in [0.29, 0.717) is 33.8 Å². The zero-order valence-corrected chi connectivity index (χ0v) is 44.1. The molecule has 4 aromatic carbocycles. The fourth-order valence-electron chi connectivity index (χ4n) is 7.32. The van der Waals surface area contributed by atoms with Gasteiger partial charge in [-0.2, -0.15) is 0 Å². The summed E-state index contributed by atoms with van der Waals surface area (Å²) in [4.78, 5) is 91.7. The van der Waals surface area contributed by atoms with Crippen LogP contribution in [0.3, 0.4) is 0 Å². The van der Waals surface area contributed by atoms with E-state index in [-0.39, 0.29) is 83.1 Å². The second-order valence-corrected chi connectivity index (χ2v) is 20.2. The zero-order chi connectivity index (χ0) is 55.4. The molecule has 76 heavy (non-hydrogen) atoms. The van der Waals surface area contributed by atoms with Crippen LogP contribution in [0.25, 0.3) is 0 Å². The molecule has 4 unspecified atom stereocenters. The van der Waals surface area contributed by atoms with E-state index in [1.165, 1.54) is 20.8 Å². The van der Waals surface area contributed by atoms with Crippen molar-refractivity contribution in [3.63, 3.8) is 0 Å². The second kappa shape index (κ2) is 28.2. The normalized spacial score (nSPS) is 16.0. The van der Waals surface area contributed by atoms with Crippen molar-refractivity contribution in [2.45, 2.75) is 105 Å². The average Bonchev–Trinajstić information content (AvgIpc) is 3.41. The maximum absolute atomic E-state index is 14.2. The fraction of sp³-hybridized carbons (Fsp3) is 0.466. The number of aliphatic hydroxyl groups is 2. The third-order valence-corrected chi connectivity index (χ3v) is 12.4. The van der Waals surface area contributed by atoms with Crippen LogP contribution in [0.1, 0.15) is 119 Å². The highest BCUT2D eigenvalue weighted by Crippen LogP contribution is 2.33. The van der Waals surface area contributed by atoms with Crippen LogP contribution in [0.15, 0.2) is 109 Å². The number of ketones is 2. The van der Waals surface area contributed by atoms with Crippen LogP contribution < -0.4 is 9.47 Å². The highest BCUT2D eigenvalue weighted by atomic mass is 16.7. The van der Waals surface area contributed by atoms with Crippen molar-refractivity contribution in [1.29, 1.82) is 0 Å². The lowest BCUT2D eigenvalue weighted by Gasteiger charge is -2.40. The third kappa shape index (κ3) is 19.0. The van der Waals surface area contributed by atoms with Gasteiger partial charge in [0.15, 0.2) is 11.6 Å². The average molecular weight is 1060 g/mol. The minimum Gasteiger partial charge on any atom is -0.494 e. The monoisotopic (exact) mass is 1050 g/mol. The summed E-state index contributed by atoms with van der Waals surface area (Å²) in [5.74, 6) is -4.34. The lowest BCUT2D eigenvalue weighted by molar-refractivity contribution is -0.282. The molecular weight excluding hydrogens is 985 g/mol. The van der Waals surface area contributed by atoms with E-state index < -0.39 is 90.5 Å². The predicted molar refractivity (Wildman–Crippen MR) is 273 cm³/mol. The number of esters is 5. The van der Waals surface area contributed by atoms with Gasteiger partial charge in [0, 0.05) is 31.2 Å². The molecule has 4 aromatic rings. The number of carbonyl (C=O) groups is 7. The van der Waals surface area contributed by atoms with Crippen LogP contribution >= 0.6 is 0 Å². The van der Waals surface area contributed by atoms with Crippen LogP contribution in [0, 0.1) is 16.2 Å². The SMILES string of the molecule is CC(=O)CC(O)c1ccc(OCCCC(=O)OCC(C)(COC(=O)CCCOc2ccc(C(O)CC(=O)c3ccccc3)cc2)C(=O)OCC(C)(COC(=O)C2(C)COC(C)(C)OC2)C(=O)OCc2ccccc2)cc1. The Balaban J connectivity index is 1.19. The molecule has 2 N–H and O–H groups in total. The molecule has 0 amide bonds. The number of Topliss-reactive ketones (excluding diaryl/α,β-unsaturated/α-hetero) is 2. The van der Waals surface area contributed by atoms with Gasteiger partial charge >= 0.3 is 29.8 Å². The first-order valence-electron chi connectivity index (χ1n) is 25.1. The number of carbonyl (C=O) groups excluding carboxylic acids is 7. The summed E-state index contributed by atoms with van der Waals surface area (Å²) in [6.45, 7) is 6.75. The molecule has 0 aliphatic carbocycles. The minimum atomic E-state index is -1.81. The quantitative estimate of drug-likeness (QED) is 0.0219. The van der Waals surface area contributed by atoms with Crippen LogP contribution in [0.2, 0.25) is 0 Å². The van der Waals surface area contributed by atoms with Crippen molar-refractivity contribution in [3.8, 4) is 11.5 Å². The smallest absolute Gasteiger partial charge is 0.319 e. The van der Waals surface area contributed by atoms with Gasteiger partial charge in [-0.05, 0) is 95.3 Å². The van der Waals surface area contributed by atoms with Gasteiger partial charge in [0.05, 0.1) is 38.6 Å². The topological polar surface area (TPSA) is 243 Å². The summed E-state index contributed by atoms with van der Waals surface area (Å²) in [7, 11) is 0. The van der Waals surface area contributed by atoms with Crippen molar-refractivity contribution in [3.05, 3.63) is 131 Å². The molecule has 1 heterocycles. The van der Waals surface area contributed by atoms with Crippen molar-refractivity contribution in [1.82, 2.24) is 0 Å². The highest BCUT2D eigenvalue weighted by molar-refractivity contribution is 5.96. The van der Waals surface area contributed by atoms with Gasteiger partial charge in [-0.15, -0.1) is 0 Å². The molecule has 410 valence electrons. The van der Waals surface area contributed by atoms with Crippen LogP contribution in [0.5, 0.6) is 11.5 Å². The molecule has 1 aliphatic heterocycles. The molecule has 0 spiro atoms. The lowest BCUT2D eigenvalue weighted by atomic mass is 9.90. The number of ether oxygens (including phenoxy) is 9. The maximum atomic E-state index is 14.2. The van der Waals surface area contributed by atoms with Crippen LogP contribution in [-0.2, 0) is 68.5 Å². The molecule has 5 rings (SSSR count). The van der Waals surface area contributed by atoms with Crippen LogP contribution in [-0.4, -0.2) is 110 Å². The Morgan fingerprint density at radius 3 is 1.49 bits per heavy atom. The summed E-state index contributed by atoms with van der Waals surface area (Å²) in [5, 5.41) is 20.9. The van der Waals surface area contributed by atoms with Crippen molar-refractivity contribution in [2.75, 3.05) is 52.9 Å². The Labute approximate surface area is 443 Å². The number of hydrogen-bond acceptors (Lipinski definition) is 18. The van der Waals surface area contributed by atoms with E-state index >= 15 is 0 Å². The minimum absolute atomic E-state index is 0.0170. The summed E-state index contributed by atoms with van der Waals surface area (Å²) >= 11 is 0. The summed E-state index contributed by atoms with van der Waals surface area (Å²) < 4.78 is 51.2. The number of benzene rings is 4. The van der Waals surface area contributed by atoms with Gasteiger partial charge in [-0.3, -0.25) is 33.6 Å². The number of hydrogen-bond donors (Lipinski definition) is 2. The van der Waals surface area contributed by atoms with Gasteiger partial charge < -0.3 is 52.8 Å². The van der Waals surface area contributed by atoms with E-state index in [9.17, 15) is 43.8 Å². The third-order valence-electron chi connectivity index (χ3n) is 12.4. The molecular formula is C58H70O18. The number of rotatable bonds is 30. The largest absolute Gasteiger partial charge is 0.494 e. The van der Waals surface area contributed by atoms with Crippen molar-refractivity contribution >= 4 is 41.4 Å². The van der Waals surface area contributed by atoms with Gasteiger partial charge in [-0.25, -0.2) is 0 Å². The molecule has 18 heteroatoms. The van der Waals surface area contributed by atoms with E-state index in [1.807, 2.05) is 0 Å². The zero-order valence-electron chi connectivity index (χ0n) is 44.1. The number of aliphatic hydroxyl groups excluding tert-OH is 2. The summed E-state index contributed by atoms with van der Waals surface area (Å²) in [6.07, 6.45) is -1.91. The Morgan fingerprint density at radius 2 is 1.00 bits per heavy atom. The van der Waals surface area contributed by atoms with Crippen molar-refractivity contribution < 1.29 is 86.4 Å². The molecule has 0 bridgehead atoms. The Kier molecular flexibility index (Phi) is 22.2. The molecule has 1 saturated heterocycles. The van der Waals surface area contributed by atoms with E-state index in [1.54, 1.807) is 130 Å². The summed E-state index contributed by atoms with van der Waals surface area (Å²) in [5.41, 5.74) is -2.55. The van der Waals surface area contributed by atoms with E-state index in [0.717, 1.165) is 0 Å². The van der Waals surface area contributed by atoms with E-state index in [4.69, 9.17) is 42.6 Å². The van der Waals surface area contributed by atoms with Gasteiger partial charge in [-0.1, -0.05) is 84.9 Å². The fourth-order valence-corrected chi connectivity index (χ4v) is 7.32. The molecule has 1 fully saturated rings. The van der Waals surface area contributed by atoms with Gasteiger partial charge in [0.25, 0.3) is 0 Å². The standard InChI is InChI=1S/C58H70O18/c1-40(59)31-47(60)43-21-25-45(26-22-43)68-29-13-19-50(63)71-34-56(4,35-72-51(64)20-14-30-69-46-27-23-44(24-28-46)49(62)32-48(61)42-17-11-8-12-18-42)53(66)73-36-57(5,52(65)70-33-41-15-9-7-10-16-41)37-74-54(67)58(6)38-75-55(2,3)76-39-58/h7-12,15-18,21-28,47,49,60,62H,13-14,19-20,29-39H2,1-6H3. The maximum Gasteiger partial charge on any atom is 0.319 e. The van der Waals surface area contributed by atoms with Crippen molar-refractivity contribution in [2.24, 2.45) is 16.2 Å². The van der Waals surface area contributed by atoms with Crippen LogP contribution in [0.4, 0.5) is 0 Å². The first-order valence-corrected chi connectivity index (χ1v) is 25.1. The lowest BCUT2D eigenvalue weighted by Crippen LogP contribution is -2.51. The molecule has 0 saturated carbocycles. The predicted octanol–water partition coefficient (Wildman–Crippen LogP) is 7.74. The Bertz CT molecular complexity index is 2540. The Hall–Kier alpha value is -6.99. The first-order chi connectivity index (χ1) is 36.1. The molecule has 1 aliphatic rings.